The highest BCUT2D eigenvalue weighted by Crippen LogP contribution is 2.38. The zero-order valence-corrected chi connectivity index (χ0v) is 10.9. The minimum atomic E-state index is -0.0536. The van der Waals surface area contributed by atoms with Gasteiger partial charge < -0.3 is 9.84 Å². The zero-order valence-electron chi connectivity index (χ0n) is 10.9. The first-order valence-electron chi connectivity index (χ1n) is 6.53. The Kier molecular flexibility index (Phi) is 3.21. The van der Waals surface area contributed by atoms with Crippen LogP contribution in [0.2, 0.25) is 0 Å². The number of nitrogens with zero attached hydrogens (tertiary/aromatic N) is 3. The van der Waals surface area contributed by atoms with Gasteiger partial charge in [0.1, 0.15) is 11.4 Å². The number of rotatable bonds is 4. The van der Waals surface area contributed by atoms with E-state index >= 15 is 0 Å². The van der Waals surface area contributed by atoms with E-state index in [1.807, 2.05) is 28.9 Å². The monoisotopic (exact) mass is 259 g/mol. The normalized spacial score (nSPS) is 15.3. The Hall–Kier alpha value is -1.88. The largest absolute Gasteiger partial charge is 0.497 e. The summed E-state index contributed by atoms with van der Waals surface area (Å²) >= 11 is 0. The molecular formula is C14H17N3O2. The molecule has 1 saturated carbocycles. The smallest absolute Gasteiger partial charge is 0.119 e. The van der Waals surface area contributed by atoms with Crippen molar-refractivity contribution in [1.82, 2.24) is 15.0 Å². The Morgan fingerprint density at radius 1 is 1.32 bits per heavy atom. The first-order valence-corrected chi connectivity index (χ1v) is 6.53. The molecule has 1 heterocycles. The molecule has 1 aromatic carbocycles. The molecule has 1 N–H and O–H groups in total. The van der Waals surface area contributed by atoms with Crippen LogP contribution in [0.15, 0.2) is 24.3 Å². The maximum absolute atomic E-state index is 9.39. The molecule has 100 valence electrons. The summed E-state index contributed by atoms with van der Waals surface area (Å²) < 4.78 is 7.00. The number of hydrogen-bond donors (Lipinski definition) is 1. The average molecular weight is 259 g/mol. The molecule has 19 heavy (non-hydrogen) atoms. The van der Waals surface area contributed by atoms with E-state index in [1.165, 1.54) is 6.42 Å². The lowest BCUT2D eigenvalue weighted by molar-refractivity contribution is 0.272. The molecule has 5 heteroatoms. The lowest BCUT2D eigenvalue weighted by Gasteiger charge is -2.26. The van der Waals surface area contributed by atoms with Gasteiger partial charge in [-0.1, -0.05) is 11.6 Å². The highest BCUT2D eigenvalue weighted by molar-refractivity contribution is 5.39. The van der Waals surface area contributed by atoms with Crippen molar-refractivity contribution in [1.29, 1.82) is 0 Å². The molecule has 5 nitrogen and oxygen atoms in total. The van der Waals surface area contributed by atoms with Crippen LogP contribution in [0.5, 0.6) is 5.75 Å². The van der Waals surface area contributed by atoms with Gasteiger partial charge in [0.05, 0.1) is 25.1 Å². The summed E-state index contributed by atoms with van der Waals surface area (Å²) in [6.45, 7) is -0.0536. The number of aliphatic hydroxyl groups is 1. The van der Waals surface area contributed by atoms with Crippen LogP contribution in [0, 0.1) is 0 Å². The van der Waals surface area contributed by atoms with Crippen molar-refractivity contribution < 1.29 is 9.84 Å². The predicted molar refractivity (Wildman–Crippen MR) is 70.4 cm³/mol. The van der Waals surface area contributed by atoms with Crippen LogP contribution in [0.25, 0.3) is 5.69 Å². The molecule has 0 aliphatic heterocycles. The number of ether oxygens (including phenoxy) is 1. The number of aliphatic hydroxyl groups excluding tert-OH is 1. The van der Waals surface area contributed by atoms with Crippen LogP contribution in [-0.2, 0) is 6.61 Å². The van der Waals surface area contributed by atoms with E-state index in [2.05, 4.69) is 10.3 Å². The van der Waals surface area contributed by atoms with Crippen LogP contribution in [-0.4, -0.2) is 27.2 Å². The van der Waals surface area contributed by atoms with Crippen molar-refractivity contribution in [3.63, 3.8) is 0 Å². The van der Waals surface area contributed by atoms with Crippen LogP contribution in [0.3, 0.4) is 0 Å². The second-order valence-corrected chi connectivity index (χ2v) is 4.82. The van der Waals surface area contributed by atoms with Crippen molar-refractivity contribution in [3.8, 4) is 11.4 Å². The summed E-state index contributed by atoms with van der Waals surface area (Å²) in [5.41, 5.74) is 2.70. The fourth-order valence-corrected chi connectivity index (χ4v) is 2.44. The standard InChI is InChI=1S/C14H17N3O2/c1-19-12-7-5-11(6-8-12)17-14(10-3-2-4-10)13(9-18)15-16-17/h5-8,10,18H,2-4,9H2,1H3. The molecule has 1 aliphatic rings. The average Bonchev–Trinajstić information content (AvgIpc) is 2.80. The van der Waals surface area contributed by atoms with E-state index in [0.29, 0.717) is 11.6 Å². The van der Waals surface area contributed by atoms with Gasteiger partial charge in [-0.05, 0) is 37.1 Å². The summed E-state index contributed by atoms with van der Waals surface area (Å²) in [4.78, 5) is 0. The molecule has 0 unspecified atom stereocenters. The first kappa shape index (κ1) is 12.2. The van der Waals surface area contributed by atoms with Gasteiger partial charge in [0.25, 0.3) is 0 Å². The van der Waals surface area contributed by atoms with Crippen molar-refractivity contribution in [2.24, 2.45) is 0 Å². The lowest BCUT2D eigenvalue weighted by Crippen LogP contribution is -2.16. The number of benzene rings is 1. The fraction of sp³-hybridized carbons (Fsp3) is 0.429. The van der Waals surface area contributed by atoms with Gasteiger partial charge in [-0.3, -0.25) is 0 Å². The van der Waals surface area contributed by atoms with E-state index in [0.717, 1.165) is 30.0 Å². The number of methoxy groups -OCH3 is 1. The van der Waals surface area contributed by atoms with Crippen molar-refractivity contribution in [2.45, 2.75) is 31.8 Å². The minimum absolute atomic E-state index is 0.0536. The SMILES string of the molecule is COc1ccc(-n2nnc(CO)c2C2CCC2)cc1. The summed E-state index contributed by atoms with van der Waals surface area (Å²) in [6, 6.07) is 7.72. The Morgan fingerprint density at radius 2 is 2.05 bits per heavy atom. The molecule has 0 radical (unpaired) electrons. The van der Waals surface area contributed by atoms with Crippen molar-refractivity contribution in [3.05, 3.63) is 35.7 Å². The molecule has 0 atom stereocenters. The lowest BCUT2D eigenvalue weighted by atomic mass is 9.82. The Bertz CT molecular complexity index is 559. The summed E-state index contributed by atoms with van der Waals surface area (Å²) in [5, 5.41) is 17.7. The van der Waals surface area contributed by atoms with Crippen molar-refractivity contribution in [2.75, 3.05) is 7.11 Å². The van der Waals surface area contributed by atoms with E-state index in [4.69, 9.17) is 4.74 Å². The van der Waals surface area contributed by atoms with Gasteiger partial charge in [-0.25, -0.2) is 4.68 Å². The minimum Gasteiger partial charge on any atom is -0.497 e. The van der Waals surface area contributed by atoms with Gasteiger partial charge in [-0.2, -0.15) is 0 Å². The maximum Gasteiger partial charge on any atom is 0.119 e. The maximum atomic E-state index is 9.39. The van der Waals surface area contributed by atoms with Gasteiger partial charge in [0.2, 0.25) is 0 Å². The molecule has 1 fully saturated rings. The third-order valence-corrected chi connectivity index (χ3v) is 3.74. The van der Waals surface area contributed by atoms with E-state index in [1.54, 1.807) is 7.11 Å². The highest BCUT2D eigenvalue weighted by Gasteiger charge is 2.27. The quantitative estimate of drug-likeness (QED) is 0.912. The molecule has 1 aliphatic carbocycles. The van der Waals surface area contributed by atoms with Crippen LogP contribution >= 0.6 is 0 Å². The molecular weight excluding hydrogens is 242 g/mol. The third kappa shape index (κ3) is 2.10. The molecule has 0 spiro atoms. The topological polar surface area (TPSA) is 60.2 Å². The Balaban J connectivity index is 2.00. The van der Waals surface area contributed by atoms with Crippen LogP contribution < -0.4 is 4.74 Å². The van der Waals surface area contributed by atoms with Gasteiger partial charge in [-0.15, -0.1) is 5.10 Å². The molecule has 0 amide bonds. The van der Waals surface area contributed by atoms with E-state index in [-0.39, 0.29) is 6.61 Å². The van der Waals surface area contributed by atoms with Crippen LogP contribution in [0.1, 0.15) is 36.6 Å². The predicted octanol–water partition coefficient (Wildman–Crippen LogP) is 2.04. The number of hydrogen-bond acceptors (Lipinski definition) is 4. The molecule has 3 rings (SSSR count). The van der Waals surface area contributed by atoms with Crippen LogP contribution in [0.4, 0.5) is 0 Å². The first-order chi connectivity index (χ1) is 9.33. The summed E-state index contributed by atoms with van der Waals surface area (Å²) in [7, 11) is 1.65. The Morgan fingerprint density at radius 3 is 2.58 bits per heavy atom. The number of aromatic nitrogens is 3. The Labute approximate surface area is 111 Å². The third-order valence-electron chi connectivity index (χ3n) is 3.74. The van der Waals surface area contributed by atoms with Gasteiger partial charge >= 0.3 is 0 Å². The summed E-state index contributed by atoms with van der Waals surface area (Å²) in [6.07, 6.45) is 3.54. The zero-order chi connectivity index (χ0) is 13.2. The molecule has 0 saturated heterocycles. The molecule has 1 aromatic heterocycles. The molecule has 0 bridgehead atoms. The molecule has 2 aromatic rings. The highest BCUT2D eigenvalue weighted by atomic mass is 16.5. The summed E-state index contributed by atoms with van der Waals surface area (Å²) in [5.74, 6) is 1.29. The van der Waals surface area contributed by atoms with E-state index in [9.17, 15) is 5.11 Å². The van der Waals surface area contributed by atoms with Crippen molar-refractivity contribution >= 4 is 0 Å². The van der Waals surface area contributed by atoms with Gasteiger partial charge in [0, 0.05) is 5.92 Å². The van der Waals surface area contributed by atoms with E-state index < -0.39 is 0 Å². The van der Waals surface area contributed by atoms with Gasteiger partial charge in [0.15, 0.2) is 0 Å². The second-order valence-electron chi connectivity index (χ2n) is 4.82. The fourth-order valence-electron chi connectivity index (χ4n) is 2.44. The second kappa shape index (κ2) is 5.01.